The van der Waals surface area contributed by atoms with Gasteiger partial charge in [0.15, 0.2) is 0 Å². The molecule has 0 aromatic heterocycles. The Labute approximate surface area is 114 Å². The molecule has 1 amide bonds. The van der Waals surface area contributed by atoms with Gasteiger partial charge in [0.05, 0.1) is 0 Å². The molecule has 5 heteroatoms. The second kappa shape index (κ2) is 6.50. The highest BCUT2D eigenvalue weighted by Crippen LogP contribution is 2.09. The van der Waals surface area contributed by atoms with E-state index in [0.29, 0.717) is 30.2 Å². The summed E-state index contributed by atoms with van der Waals surface area (Å²) in [6.45, 7) is 0.931. The molecule has 1 heterocycles. The average Bonchev–Trinajstić information content (AvgIpc) is 2.46. The van der Waals surface area contributed by atoms with E-state index in [9.17, 15) is 9.00 Å². The van der Waals surface area contributed by atoms with Crippen molar-refractivity contribution < 1.29 is 14.1 Å². The van der Waals surface area contributed by atoms with Gasteiger partial charge in [-0.1, -0.05) is 11.8 Å². The Hall–Kier alpha value is -1.64. The van der Waals surface area contributed by atoms with E-state index in [1.807, 2.05) is 0 Å². The van der Waals surface area contributed by atoms with E-state index in [-0.39, 0.29) is 12.5 Å². The lowest BCUT2D eigenvalue weighted by Gasteiger charge is -2.26. The van der Waals surface area contributed by atoms with Crippen molar-refractivity contribution in [3.63, 3.8) is 0 Å². The van der Waals surface area contributed by atoms with Gasteiger partial charge in [-0.25, -0.2) is 0 Å². The number of benzene rings is 1. The lowest BCUT2D eigenvalue weighted by molar-refractivity contribution is 0.0771. The van der Waals surface area contributed by atoms with E-state index in [4.69, 9.17) is 5.11 Å². The number of rotatable bonds is 1. The van der Waals surface area contributed by atoms with Crippen molar-refractivity contribution in [3.05, 3.63) is 35.4 Å². The zero-order chi connectivity index (χ0) is 13.7. The predicted octanol–water partition coefficient (Wildman–Crippen LogP) is 0.235. The summed E-state index contributed by atoms with van der Waals surface area (Å²) >= 11 is 0. The minimum Gasteiger partial charge on any atom is -0.384 e. The molecule has 1 aromatic carbocycles. The number of carbonyl (C=O) groups is 1. The van der Waals surface area contributed by atoms with Gasteiger partial charge in [-0.05, 0) is 24.3 Å². The van der Waals surface area contributed by atoms with Crippen molar-refractivity contribution >= 4 is 16.7 Å². The van der Waals surface area contributed by atoms with Crippen LogP contribution in [0.2, 0.25) is 0 Å². The molecule has 0 radical (unpaired) electrons. The molecule has 1 aliphatic heterocycles. The fourth-order valence-corrected chi connectivity index (χ4v) is 2.91. The molecule has 1 aliphatic rings. The monoisotopic (exact) mass is 277 g/mol. The molecule has 2 rings (SSSR count). The maximum Gasteiger partial charge on any atom is 0.253 e. The molecule has 0 spiro atoms. The zero-order valence-electron chi connectivity index (χ0n) is 10.5. The number of amides is 1. The summed E-state index contributed by atoms with van der Waals surface area (Å²) in [6.07, 6.45) is 0. The summed E-state index contributed by atoms with van der Waals surface area (Å²) in [6, 6.07) is 6.99. The Morgan fingerprint density at radius 1 is 1.26 bits per heavy atom. The van der Waals surface area contributed by atoms with Crippen LogP contribution < -0.4 is 0 Å². The molecule has 0 unspecified atom stereocenters. The molecule has 1 aromatic rings. The van der Waals surface area contributed by atoms with Crippen LogP contribution in [0, 0.1) is 11.8 Å². The third-order valence-electron chi connectivity index (χ3n) is 2.91. The molecule has 0 atom stereocenters. The Kier molecular flexibility index (Phi) is 4.72. The zero-order valence-corrected chi connectivity index (χ0v) is 11.3. The van der Waals surface area contributed by atoms with Gasteiger partial charge in [0, 0.05) is 46.5 Å². The molecule has 0 aliphatic carbocycles. The van der Waals surface area contributed by atoms with Crippen LogP contribution in [0.4, 0.5) is 0 Å². The standard InChI is InChI=1S/C14H15NO3S/c16-9-1-2-12-3-5-13(6-4-12)14(17)15-7-10-19(18)11-8-15/h3-6,16H,7-11H2. The van der Waals surface area contributed by atoms with Crippen LogP contribution >= 0.6 is 0 Å². The predicted molar refractivity (Wildman–Crippen MR) is 74.2 cm³/mol. The van der Waals surface area contributed by atoms with E-state index < -0.39 is 10.8 Å². The van der Waals surface area contributed by atoms with Gasteiger partial charge >= 0.3 is 0 Å². The molecule has 19 heavy (non-hydrogen) atoms. The lowest BCUT2D eigenvalue weighted by atomic mass is 10.1. The summed E-state index contributed by atoms with van der Waals surface area (Å²) in [5.41, 5.74) is 1.38. The van der Waals surface area contributed by atoms with Crippen molar-refractivity contribution in [2.75, 3.05) is 31.2 Å². The second-order valence-corrected chi connectivity index (χ2v) is 5.87. The minimum atomic E-state index is -0.777. The molecule has 0 saturated carbocycles. The first-order chi connectivity index (χ1) is 9.20. The van der Waals surface area contributed by atoms with E-state index in [0.717, 1.165) is 5.56 Å². The van der Waals surface area contributed by atoms with Crippen LogP contribution in [-0.4, -0.2) is 51.3 Å². The number of hydrogen-bond donors (Lipinski definition) is 1. The Morgan fingerprint density at radius 3 is 2.47 bits per heavy atom. The van der Waals surface area contributed by atoms with Crippen LogP contribution in [-0.2, 0) is 10.8 Å². The summed E-state index contributed by atoms with van der Waals surface area (Å²) < 4.78 is 11.3. The molecular formula is C14H15NO3S. The van der Waals surface area contributed by atoms with E-state index in [2.05, 4.69) is 11.8 Å². The molecule has 1 fully saturated rings. The van der Waals surface area contributed by atoms with E-state index >= 15 is 0 Å². The third-order valence-corrected chi connectivity index (χ3v) is 4.18. The molecule has 1 N–H and O–H groups in total. The SMILES string of the molecule is O=C(c1ccc(C#CCO)cc1)N1CCS(=O)CC1. The Balaban J connectivity index is 2.05. The summed E-state index contributed by atoms with van der Waals surface area (Å²) in [7, 11) is -0.777. The summed E-state index contributed by atoms with van der Waals surface area (Å²) in [4.78, 5) is 13.9. The number of carbonyl (C=O) groups excluding carboxylic acids is 1. The topological polar surface area (TPSA) is 57.6 Å². The highest BCUT2D eigenvalue weighted by molar-refractivity contribution is 7.85. The largest absolute Gasteiger partial charge is 0.384 e. The van der Waals surface area contributed by atoms with Crippen LogP contribution in [0.15, 0.2) is 24.3 Å². The van der Waals surface area contributed by atoms with E-state index in [1.54, 1.807) is 29.2 Å². The molecule has 0 bridgehead atoms. The van der Waals surface area contributed by atoms with Crippen molar-refractivity contribution in [2.45, 2.75) is 0 Å². The second-order valence-electron chi connectivity index (χ2n) is 4.18. The molecular weight excluding hydrogens is 262 g/mol. The van der Waals surface area contributed by atoms with Gasteiger partial charge in [-0.15, -0.1) is 0 Å². The quantitative estimate of drug-likeness (QED) is 0.748. The highest BCUT2D eigenvalue weighted by atomic mass is 32.2. The Morgan fingerprint density at radius 2 is 1.89 bits per heavy atom. The minimum absolute atomic E-state index is 0.0293. The first-order valence-electron chi connectivity index (χ1n) is 6.05. The Bertz CT molecular complexity index is 532. The van der Waals surface area contributed by atoms with Crippen LogP contribution in [0.5, 0.6) is 0 Å². The smallest absolute Gasteiger partial charge is 0.253 e. The average molecular weight is 277 g/mol. The van der Waals surface area contributed by atoms with Gasteiger partial charge in [-0.3, -0.25) is 9.00 Å². The third kappa shape index (κ3) is 3.66. The van der Waals surface area contributed by atoms with Gasteiger partial charge in [0.25, 0.3) is 5.91 Å². The van der Waals surface area contributed by atoms with Crippen LogP contribution in [0.25, 0.3) is 0 Å². The van der Waals surface area contributed by atoms with Crippen LogP contribution in [0.3, 0.4) is 0 Å². The lowest BCUT2D eigenvalue weighted by Crippen LogP contribution is -2.41. The number of hydrogen-bond acceptors (Lipinski definition) is 3. The van der Waals surface area contributed by atoms with Gasteiger partial charge in [0.2, 0.25) is 0 Å². The number of nitrogens with zero attached hydrogens (tertiary/aromatic N) is 1. The molecule has 100 valence electrons. The summed E-state index contributed by atoms with van der Waals surface area (Å²) in [5, 5.41) is 8.60. The van der Waals surface area contributed by atoms with E-state index in [1.165, 1.54) is 0 Å². The van der Waals surface area contributed by atoms with Crippen molar-refractivity contribution in [3.8, 4) is 11.8 Å². The van der Waals surface area contributed by atoms with Crippen molar-refractivity contribution in [1.82, 2.24) is 4.90 Å². The van der Waals surface area contributed by atoms with Crippen molar-refractivity contribution in [2.24, 2.45) is 0 Å². The first kappa shape index (κ1) is 13.8. The summed E-state index contributed by atoms with van der Waals surface area (Å²) in [5.74, 6) is 6.43. The molecule has 1 saturated heterocycles. The fourth-order valence-electron chi connectivity index (χ4n) is 1.86. The van der Waals surface area contributed by atoms with Gasteiger partial charge < -0.3 is 10.0 Å². The van der Waals surface area contributed by atoms with Gasteiger partial charge in [-0.2, -0.15) is 0 Å². The maximum atomic E-state index is 12.2. The normalized spacial score (nSPS) is 15.7. The first-order valence-corrected chi connectivity index (χ1v) is 7.53. The van der Waals surface area contributed by atoms with Crippen molar-refractivity contribution in [1.29, 1.82) is 0 Å². The molecule has 4 nitrogen and oxygen atoms in total. The maximum absolute atomic E-state index is 12.2. The fraction of sp³-hybridized carbons (Fsp3) is 0.357. The number of aliphatic hydroxyl groups excluding tert-OH is 1. The van der Waals surface area contributed by atoms with Crippen LogP contribution in [0.1, 0.15) is 15.9 Å². The van der Waals surface area contributed by atoms with Gasteiger partial charge in [0.1, 0.15) is 6.61 Å². The highest BCUT2D eigenvalue weighted by Gasteiger charge is 2.20. The number of aliphatic hydroxyl groups is 1.